The van der Waals surface area contributed by atoms with Crippen LogP contribution in [0.2, 0.25) is 0 Å². The third kappa shape index (κ3) is 4.16. The van der Waals surface area contributed by atoms with E-state index in [1.54, 1.807) is 30.7 Å². The van der Waals surface area contributed by atoms with Crippen LogP contribution >= 0.6 is 0 Å². The molecule has 0 aliphatic rings. The second-order valence-electron chi connectivity index (χ2n) is 6.05. The third-order valence-corrected chi connectivity index (χ3v) is 4.13. The van der Waals surface area contributed by atoms with E-state index in [0.717, 1.165) is 16.8 Å². The first kappa shape index (κ1) is 17.4. The summed E-state index contributed by atoms with van der Waals surface area (Å²) in [7, 11) is 0. The summed E-state index contributed by atoms with van der Waals surface area (Å²) in [6.07, 6.45) is 5.25. The highest BCUT2D eigenvalue weighted by Gasteiger charge is 2.09. The number of nitrogens with one attached hydrogen (secondary N) is 2. The van der Waals surface area contributed by atoms with Crippen LogP contribution in [0.1, 0.15) is 21.5 Å². The molecule has 0 saturated heterocycles. The van der Waals surface area contributed by atoms with Crippen molar-refractivity contribution in [3.63, 3.8) is 0 Å². The van der Waals surface area contributed by atoms with E-state index < -0.39 is 0 Å². The molecule has 6 heteroatoms. The van der Waals surface area contributed by atoms with Crippen LogP contribution in [0, 0.1) is 13.8 Å². The highest BCUT2D eigenvalue weighted by molar-refractivity contribution is 5.99. The molecule has 0 bridgehead atoms. The zero-order chi connectivity index (χ0) is 18.5. The Kier molecular flexibility index (Phi) is 5.12. The maximum absolute atomic E-state index is 12.1. The van der Waals surface area contributed by atoms with E-state index >= 15 is 0 Å². The first-order valence-electron chi connectivity index (χ1n) is 8.26. The summed E-state index contributed by atoms with van der Waals surface area (Å²) in [6, 6.07) is 12.8. The minimum absolute atomic E-state index is 0.0883. The molecule has 0 aliphatic heterocycles. The number of hydrogen-bond acceptors (Lipinski definition) is 3. The van der Waals surface area contributed by atoms with Gasteiger partial charge in [-0.25, -0.2) is 4.98 Å². The van der Waals surface area contributed by atoms with Gasteiger partial charge in [0.25, 0.3) is 5.91 Å². The van der Waals surface area contributed by atoms with Gasteiger partial charge in [-0.15, -0.1) is 0 Å². The van der Waals surface area contributed by atoms with Crippen molar-refractivity contribution >= 4 is 17.5 Å². The van der Waals surface area contributed by atoms with Crippen molar-refractivity contribution in [1.29, 1.82) is 0 Å². The third-order valence-electron chi connectivity index (χ3n) is 4.13. The van der Waals surface area contributed by atoms with Crippen LogP contribution in [-0.4, -0.2) is 27.9 Å². The highest BCUT2D eigenvalue weighted by Crippen LogP contribution is 2.13. The summed E-state index contributed by atoms with van der Waals surface area (Å²) in [5.41, 5.74) is 4.33. The Morgan fingerprint density at radius 2 is 1.81 bits per heavy atom. The molecule has 132 valence electrons. The van der Waals surface area contributed by atoms with Gasteiger partial charge in [0.05, 0.1) is 12.9 Å². The number of rotatable bonds is 5. The maximum atomic E-state index is 12.1. The molecule has 2 N–H and O–H groups in total. The van der Waals surface area contributed by atoms with Crippen molar-refractivity contribution in [2.75, 3.05) is 11.9 Å². The largest absolute Gasteiger partial charge is 0.343 e. The Morgan fingerprint density at radius 3 is 2.46 bits per heavy atom. The fraction of sp³-hybridized carbons (Fsp3) is 0.150. The fourth-order valence-electron chi connectivity index (χ4n) is 2.48. The molecule has 0 unspecified atom stereocenters. The van der Waals surface area contributed by atoms with Crippen molar-refractivity contribution in [1.82, 2.24) is 14.9 Å². The van der Waals surface area contributed by atoms with E-state index in [1.807, 2.05) is 48.9 Å². The second kappa shape index (κ2) is 7.65. The van der Waals surface area contributed by atoms with E-state index in [-0.39, 0.29) is 18.4 Å². The van der Waals surface area contributed by atoms with Crippen LogP contribution in [0.25, 0.3) is 5.69 Å². The van der Waals surface area contributed by atoms with Crippen LogP contribution in [-0.2, 0) is 4.79 Å². The van der Waals surface area contributed by atoms with Crippen molar-refractivity contribution in [2.45, 2.75) is 13.8 Å². The highest BCUT2D eigenvalue weighted by atomic mass is 16.2. The molecule has 0 spiro atoms. The molecule has 2 amide bonds. The van der Waals surface area contributed by atoms with Crippen LogP contribution in [0.5, 0.6) is 0 Å². The average Bonchev–Trinajstić information content (AvgIpc) is 3.17. The number of aryl methyl sites for hydroxylation is 2. The Balaban J connectivity index is 1.53. The minimum Gasteiger partial charge on any atom is -0.343 e. The second-order valence-corrected chi connectivity index (χ2v) is 6.05. The van der Waals surface area contributed by atoms with Gasteiger partial charge in [0.2, 0.25) is 5.91 Å². The van der Waals surface area contributed by atoms with Crippen molar-refractivity contribution < 1.29 is 9.59 Å². The van der Waals surface area contributed by atoms with Crippen molar-refractivity contribution in [3.8, 4) is 5.69 Å². The predicted molar refractivity (Wildman–Crippen MR) is 100 cm³/mol. The summed E-state index contributed by atoms with van der Waals surface area (Å²) < 4.78 is 1.87. The lowest BCUT2D eigenvalue weighted by atomic mass is 10.1. The number of anilines is 1. The lowest BCUT2D eigenvalue weighted by Crippen LogP contribution is -2.32. The lowest BCUT2D eigenvalue weighted by molar-refractivity contribution is -0.115. The quantitative estimate of drug-likeness (QED) is 0.744. The number of carbonyl (C=O) groups excluding carboxylic acids is 2. The molecule has 3 aromatic rings. The van der Waals surface area contributed by atoms with Gasteiger partial charge in [0.1, 0.15) is 0 Å². The average molecular weight is 348 g/mol. The predicted octanol–water partition coefficient (Wildman–Crippen LogP) is 2.86. The lowest BCUT2D eigenvalue weighted by Gasteiger charge is -2.09. The number of aromatic nitrogens is 2. The standard InChI is InChI=1S/C20H20N4O2/c1-14-3-4-16(11-15(14)2)20(26)22-12-19(25)23-17-5-7-18(8-6-17)24-10-9-21-13-24/h3-11,13H,12H2,1-2H3,(H,22,26)(H,23,25). The molecule has 1 heterocycles. The molecule has 0 saturated carbocycles. The summed E-state index contributed by atoms with van der Waals surface area (Å²) in [5.74, 6) is -0.545. The smallest absolute Gasteiger partial charge is 0.251 e. The Labute approximate surface area is 151 Å². The van der Waals surface area contributed by atoms with Crippen molar-refractivity contribution in [3.05, 3.63) is 77.9 Å². The van der Waals surface area contributed by atoms with Crippen LogP contribution in [0.3, 0.4) is 0 Å². The fourth-order valence-corrected chi connectivity index (χ4v) is 2.48. The maximum Gasteiger partial charge on any atom is 0.251 e. The number of nitrogens with zero attached hydrogens (tertiary/aromatic N) is 2. The summed E-state index contributed by atoms with van der Waals surface area (Å²) in [6.45, 7) is 3.85. The monoisotopic (exact) mass is 348 g/mol. The Hall–Kier alpha value is -3.41. The van der Waals surface area contributed by atoms with E-state index in [1.165, 1.54) is 0 Å². The molecule has 0 radical (unpaired) electrons. The van der Waals surface area contributed by atoms with E-state index in [9.17, 15) is 9.59 Å². The van der Waals surface area contributed by atoms with Crippen LogP contribution in [0.15, 0.2) is 61.2 Å². The summed E-state index contributed by atoms with van der Waals surface area (Å²) in [5, 5.41) is 5.40. The molecule has 0 aliphatic carbocycles. The van der Waals surface area contributed by atoms with Gasteiger partial charge >= 0.3 is 0 Å². The number of imidazole rings is 1. The van der Waals surface area contributed by atoms with Gasteiger partial charge in [-0.05, 0) is 61.4 Å². The minimum atomic E-state index is -0.280. The molecular formula is C20H20N4O2. The topological polar surface area (TPSA) is 76.0 Å². The molecule has 0 fully saturated rings. The van der Waals surface area contributed by atoms with Gasteiger partial charge in [0, 0.05) is 29.3 Å². The van der Waals surface area contributed by atoms with Gasteiger partial charge in [0.15, 0.2) is 0 Å². The van der Waals surface area contributed by atoms with Gasteiger partial charge in [-0.1, -0.05) is 6.07 Å². The number of hydrogen-bond donors (Lipinski definition) is 2. The summed E-state index contributed by atoms with van der Waals surface area (Å²) >= 11 is 0. The molecule has 26 heavy (non-hydrogen) atoms. The molecule has 3 rings (SSSR count). The number of amides is 2. The zero-order valence-corrected chi connectivity index (χ0v) is 14.7. The molecular weight excluding hydrogens is 328 g/mol. The Morgan fingerprint density at radius 1 is 1.04 bits per heavy atom. The molecule has 1 aromatic heterocycles. The van der Waals surface area contributed by atoms with E-state index in [2.05, 4.69) is 15.6 Å². The first-order valence-corrected chi connectivity index (χ1v) is 8.26. The van der Waals surface area contributed by atoms with E-state index in [4.69, 9.17) is 0 Å². The zero-order valence-electron chi connectivity index (χ0n) is 14.7. The summed E-state index contributed by atoms with van der Waals surface area (Å²) in [4.78, 5) is 28.2. The molecule has 6 nitrogen and oxygen atoms in total. The van der Waals surface area contributed by atoms with Crippen LogP contribution < -0.4 is 10.6 Å². The van der Waals surface area contributed by atoms with Gasteiger partial charge < -0.3 is 15.2 Å². The Bertz CT molecular complexity index is 915. The van der Waals surface area contributed by atoms with E-state index in [0.29, 0.717) is 11.3 Å². The number of carbonyl (C=O) groups is 2. The normalized spacial score (nSPS) is 10.4. The van der Waals surface area contributed by atoms with Gasteiger partial charge in [-0.3, -0.25) is 9.59 Å². The van der Waals surface area contributed by atoms with Gasteiger partial charge in [-0.2, -0.15) is 0 Å². The SMILES string of the molecule is Cc1ccc(C(=O)NCC(=O)Nc2ccc(-n3ccnc3)cc2)cc1C. The molecule has 0 atom stereocenters. The van der Waals surface area contributed by atoms with Crippen molar-refractivity contribution in [2.24, 2.45) is 0 Å². The first-order chi connectivity index (χ1) is 12.5. The molecule has 2 aromatic carbocycles. The number of benzene rings is 2. The van der Waals surface area contributed by atoms with Crippen LogP contribution in [0.4, 0.5) is 5.69 Å².